The van der Waals surface area contributed by atoms with Gasteiger partial charge in [0.2, 0.25) is 15.9 Å². The number of hydrogen-bond donors (Lipinski definition) is 0. The van der Waals surface area contributed by atoms with Gasteiger partial charge in [0.25, 0.3) is 5.22 Å². The number of thioether (sulfide) groups is 1. The molecule has 33 heavy (non-hydrogen) atoms. The average Bonchev–Trinajstić information content (AvgIpc) is 3.24. The van der Waals surface area contributed by atoms with E-state index in [9.17, 15) is 13.2 Å². The zero-order valence-electron chi connectivity index (χ0n) is 18.2. The number of hydrogen-bond acceptors (Lipinski definition) is 6. The fraction of sp³-hybridized carbons (Fsp3) is 0.167. The summed E-state index contributed by atoms with van der Waals surface area (Å²) in [5, 5.41) is 0.311. The minimum atomic E-state index is -3.57. The molecule has 0 fully saturated rings. The summed E-state index contributed by atoms with van der Waals surface area (Å²) in [6.45, 7) is 0.448. The Balaban J connectivity index is 1.52. The van der Waals surface area contributed by atoms with E-state index in [0.717, 1.165) is 15.6 Å². The van der Waals surface area contributed by atoms with Crippen molar-refractivity contribution in [3.63, 3.8) is 0 Å². The van der Waals surface area contributed by atoms with Gasteiger partial charge in [0, 0.05) is 19.8 Å². The zero-order valence-corrected chi connectivity index (χ0v) is 19.8. The zero-order chi connectivity index (χ0) is 23.4. The Morgan fingerprint density at radius 3 is 2.30 bits per heavy atom. The van der Waals surface area contributed by atoms with Crippen LogP contribution in [0.2, 0.25) is 0 Å². The van der Waals surface area contributed by atoms with Gasteiger partial charge >= 0.3 is 0 Å². The molecule has 0 unspecified atom stereocenters. The van der Waals surface area contributed by atoms with Gasteiger partial charge in [-0.05, 0) is 35.9 Å². The smallest absolute Gasteiger partial charge is 0.257 e. The summed E-state index contributed by atoms with van der Waals surface area (Å²) in [5.41, 5.74) is 2.73. The lowest BCUT2D eigenvalue weighted by Crippen LogP contribution is -2.31. The van der Waals surface area contributed by atoms with Crippen molar-refractivity contribution >= 4 is 44.5 Å². The maximum atomic E-state index is 13.1. The molecule has 3 aromatic carbocycles. The highest BCUT2D eigenvalue weighted by atomic mass is 32.2. The summed E-state index contributed by atoms with van der Waals surface area (Å²) in [7, 11) is -0.622. The summed E-state index contributed by atoms with van der Waals surface area (Å²) >= 11 is 1.18. The van der Waals surface area contributed by atoms with Gasteiger partial charge in [-0.15, -0.1) is 0 Å². The number of sulfonamides is 1. The summed E-state index contributed by atoms with van der Waals surface area (Å²) < 4.78 is 31.6. The largest absolute Gasteiger partial charge is 0.431 e. The number of nitrogens with zero attached hydrogens (tertiary/aromatic N) is 3. The quantitative estimate of drug-likeness (QED) is 0.347. The van der Waals surface area contributed by atoms with E-state index in [1.807, 2.05) is 60.7 Å². The van der Waals surface area contributed by atoms with E-state index in [0.29, 0.717) is 22.9 Å². The highest BCUT2D eigenvalue weighted by molar-refractivity contribution is 7.99. The third kappa shape index (κ3) is 5.27. The SMILES string of the molecule is CN(C)S(=O)(=O)c1ccc2oc(SCC(=O)N(Cc3ccccc3)c3ccccc3)nc2c1. The maximum absolute atomic E-state index is 13.1. The molecule has 1 amide bonds. The standard InChI is InChI=1S/C24H23N3O4S2/c1-26(2)33(29,30)20-13-14-22-21(15-20)25-24(31-22)32-17-23(28)27(19-11-7-4-8-12-19)16-18-9-5-3-6-10-18/h3-15H,16-17H2,1-2H3. The van der Waals surface area contributed by atoms with Crippen molar-refractivity contribution in [2.24, 2.45) is 0 Å². The van der Waals surface area contributed by atoms with E-state index < -0.39 is 10.0 Å². The number of aromatic nitrogens is 1. The molecule has 0 aliphatic heterocycles. The first-order valence-electron chi connectivity index (χ1n) is 10.2. The highest BCUT2D eigenvalue weighted by Crippen LogP contribution is 2.27. The van der Waals surface area contributed by atoms with Crippen molar-refractivity contribution in [2.75, 3.05) is 24.7 Å². The first-order chi connectivity index (χ1) is 15.8. The van der Waals surface area contributed by atoms with E-state index in [4.69, 9.17) is 4.42 Å². The second-order valence-corrected chi connectivity index (χ2v) is 10.6. The van der Waals surface area contributed by atoms with Gasteiger partial charge in [-0.1, -0.05) is 60.3 Å². The predicted octanol–water partition coefficient (Wildman–Crippen LogP) is 4.40. The molecule has 0 spiro atoms. The van der Waals surface area contributed by atoms with Crippen LogP contribution < -0.4 is 4.90 Å². The first-order valence-corrected chi connectivity index (χ1v) is 12.6. The minimum absolute atomic E-state index is 0.0896. The maximum Gasteiger partial charge on any atom is 0.257 e. The van der Waals surface area contributed by atoms with Gasteiger partial charge in [-0.3, -0.25) is 4.79 Å². The molecule has 0 atom stereocenters. The molecule has 9 heteroatoms. The Morgan fingerprint density at radius 1 is 0.970 bits per heavy atom. The highest BCUT2D eigenvalue weighted by Gasteiger charge is 2.20. The first kappa shape index (κ1) is 23.0. The second-order valence-electron chi connectivity index (χ2n) is 7.49. The molecule has 4 aromatic rings. The van der Waals surface area contributed by atoms with Gasteiger partial charge in [0.1, 0.15) is 5.52 Å². The molecule has 1 heterocycles. The Labute approximate surface area is 197 Å². The van der Waals surface area contributed by atoms with Crippen molar-refractivity contribution in [3.05, 3.63) is 84.4 Å². The van der Waals surface area contributed by atoms with Crippen LogP contribution in [0.3, 0.4) is 0 Å². The second kappa shape index (κ2) is 9.78. The van der Waals surface area contributed by atoms with Crippen LogP contribution in [-0.2, 0) is 21.4 Å². The lowest BCUT2D eigenvalue weighted by Gasteiger charge is -2.22. The fourth-order valence-corrected chi connectivity index (χ4v) is 4.85. The van der Waals surface area contributed by atoms with Crippen molar-refractivity contribution in [3.8, 4) is 0 Å². The molecule has 0 aliphatic carbocycles. The number of anilines is 1. The lowest BCUT2D eigenvalue weighted by atomic mass is 10.2. The van der Waals surface area contributed by atoms with E-state index in [1.54, 1.807) is 11.0 Å². The summed E-state index contributed by atoms with van der Waals surface area (Å²) in [6, 6.07) is 23.8. The number of benzene rings is 3. The van der Waals surface area contributed by atoms with Crippen molar-refractivity contribution < 1.29 is 17.6 Å². The van der Waals surface area contributed by atoms with Crippen molar-refractivity contribution in [1.29, 1.82) is 0 Å². The molecule has 7 nitrogen and oxygen atoms in total. The van der Waals surface area contributed by atoms with Gasteiger partial charge in [-0.2, -0.15) is 0 Å². The van der Waals surface area contributed by atoms with Crippen LogP contribution in [-0.4, -0.2) is 43.5 Å². The molecule has 170 valence electrons. The van der Waals surface area contributed by atoms with Gasteiger partial charge in [0.05, 0.1) is 17.2 Å². The Morgan fingerprint density at radius 2 is 1.64 bits per heavy atom. The van der Waals surface area contributed by atoms with E-state index in [1.165, 1.54) is 38.0 Å². The Kier molecular flexibility index (Phi) is 6.83. The molecule has 0 radical (unpaired) electrons. The van der Waals surface area contributed by atoms with Crippen LogP contribution in [0, 0.1) is 0 Å². The topological polar surface area (TPSA) is 83.7 Å². The molecular formula is C24H23N3O4S2. The molecule has 0 N–H and O–H groups in total. The normalized spacial score (nSPS) is 11.7. The molecule has 0 saturated heterocycles. The minimum Gasteiger partial charge on any atom is -0.431 e. The molecular weight excluding hydrogens is 458 g/mol. The Hall–Kier alpha value is -3.14. The Bertz CT molecular complexity index is 1350. The van der Waals surface area contributed by atoms with Crippen molar-refractivity contribution in [1.82, 2.24) is 9.29 Å². The van der Waals surface area contributed by atoms with Crippen LogP contribution in [0.15, 0.2) is 93.4 Å². The molecule has 0 saturated carbocycles. The number of para-hydroxylation sites is 1. The summed E-state index contributed by atoms with van der Waals surface area (Å²) in [5.74, 6) is 0.0328. The number of oxazole rings is 1. The molecule has 1 aromatic heterocycles. The lowest BCUT2D eigenvalue weighted by molar-refractivity contribution is -0.116. The summed E-state index contributed by atoms with van der Waals surface area (Å²) in [6.07, 6.45) is 0. The molecule has 0 bridgehead atoms. The van der Waals surface area contributed by atoms with Gasteiger partial charge in [-0.25, -0.2) is 17.7 Å². The summed E-state index contributed by atoms with van der Waals surface area (Å²) in [4.78, 5) is 19.4. The number of carbonyl (C=O) groups excluding carboxylic acids is 1. The van der Waals surface area contributed by atoms with Gasteiger partial charge in [0.15, 0.2) is 5.58 Å². The van der Waals surface area contributed by atoms with E-state index in [2.05, 4.69) is 4.98 Å². The number of amides is 1. The van der Waals surface area contributed by atoms with Crippen LogP contribution in [0.4, 0.5) is 5.69 Å². The van der Waals surface area contributed by atoms with Crippen LogP contribution >= 0.6 is 11.8 Å². The van der Waals surface area contributed by atoms with Gasteiger partial charge < -0.3 is 9.32 Å². The molecule has 4 rings (SSSR count). The third-order valence-electron chi connectivity index (χ3n) is 4.99. The van der Waals surface area contributed by atoms with E-state index >= 15 is 0 Å². The van der Waals surface area contributed by atoms with E-state index in [-0.39, 0.29) is 16.6 Å². The number of fused-ring (bicyclic) bond motifs is 1. The number of carbonyl (C=O) groups is 1. The fourth-order valence-electron chi connectivity index (χ4n) is 3.22. The van der Waals surface area contributed by atoms with Crippen LogP contribution in [0.1, 0.15) is 5.56 Å². The number of rotatable bonds is 8. The average molecular weight is 482 g/mol. The van der Waals surface area contributed by atoms with Crippen LogP contribution in [0.5, 0.6) is 0 Å². The monoisotopic (exact) mass is 481 g/mol. The third-order valence-corrected chi connectivity index (χ3v) is 7.61. The molecule has 0 aliphatic rings. The van der Waals surface area contributed by atoms with Crippen molar-refractivity contribution in [2.45, 2.75) is 16.7 Å². The predicted molar refractivity (Wildman–Crippen MR) is 130 cm³/mol. The van der Waals surface area contributed by atoms with Crippen LogP contribution in [0.25, 0.3) is 11.1 Å².